The van der Waals surface area contributed by atoms with Gasteiger partial charge in [0.25, 0.3) is 5.91 Å². The van der Waals surface area contributed by atoms with E-state index in [1.165, 1.54) is 18.1 Å². The second-order valence-electron chi connectivity index (χ2n) is 5.46. The van der Waals surface area contributed by atoms with Crippen LogP contribution >= 0.6 is 11.6 Å². The normalized spacial score (nSPS) is 19.5. The Kier molecular flexibility index (Phi) is 5.54. The molecule has 9 heteroatoms. The molecule has 1 aromatic carbocycles. The number of benzene rings is 1. The van der Waals surface area contributed by atoms with Crippen molar-refractivity contribution in [1.29, 1.82) is 0 Å². The molecule has 0 saturated carbocycles. The van der Waals surface area contributed by atoms with Crippen LogP contribution in [0.2, 0.25) is 5.02 Å². The van der Waals surface area contributed by atoms with Gasteiger partial charge in [0, 0.05) is 18.6 Å². The first-order valence-electron chi connectivity index (χ1n) is 7.45. The molecule has 25 heavy (non-hydrogen) atoms. The fourth-order valence-corrected chi connectivity index (χ4v) is 3.19. The van der Waals surface area contributed by atoms with Gasteiger partial charge in [-0.2, -0.15) is 0 Å². The Bertz CT molecular complexity index is 710. The van der Waals surface area contributed by atoms with Gasteiger partial charge in [-0.15, -0.1) is 0 Å². The van der Waals surface area contributed by atoms with Gasteiger partial charge in [0.05, 0.1) is 38.5 Å². The molecule has 8 nitrogen and oxygen atoms in total. The van der Waals surface area contributed by atoms with Gasteiger partial charge in [-0.25, -0.2) is 4.79 Å². The van der Waals surface area contributed by atoms with Gasteiger partial charge >= 0.3 is 11.9 Å². The van der Waals surface area contributed by atoms with Gasteiger partial charge < -0.3 is 24.4 Å². The van der Waals surface area contributed by atoms with Crippen molar-refractivity contribution < 1.29 is 29.0 Å². The lowest BCUT2D eigenvalue weighted by molar-refractivity contribution is -0.161. The number of nitrogens with zero attached hydrogens (tertiary/aromatic N) is 2. The van der Waals surface area contributed by atoms with Crippen molar-refractivity contribution in [3.05, 3.63) is 28.8 Å². The monoisotopic (exact) mass is 370 g/mol. The van der Waals surface area contributed by atoms with E-state index < -0.39 is 36.5 Å². The molecule has 0 radical (unpaired) electrons. The minimum Gasteiger partial charge on any atom is -0.469 e. The van der Waals surface area contributed by atoms with E-state index in [0.717, 1.165) is 12.0 Å². The Morgan fingerprint density at radius 2 is 1.96 bits per heavy atom. The number of hydrogen-bond acceptors (Lipinski definition) is 7. The molecular weight excluding hydrogens is 352 g/mol. The second kappa shape index (κ2) is 7.28. The van der Waals surface area contributed by atoms with Gasteiger partial charge in [-0.1, -0.05) is 11.6 Å². The molecule has 0 aromatic heterocycles. The van der Waals surface area contributed by atoms with Crippen molar-refractivity contribution >= 4 is 35.1 Å². The highest BCUT2D eigenvalue weighted by molar-refractivity contribution is 6.31. The van der Waals surface area contributed by atoms with Crippen molar-refractivity contribution in [2.24, 2.45) is 0 Å². The lowest BCUT2D eigenvalue weighted by Crippen LogP contribution is -2.70. The van der Waals surface area contributed by atoms with Crippen LogP contribution in [0.15, 0.2) is 18.2 Å². The van der Waals surface area contributed by atoms with Gasteiger partial charge in [0.2, 0.25) is 5.66 Å². The van der Waals surface area contributed by atoms with Crippen LogP contribution in [-0.2, 0) is 19.1 Å². The summed E-state index contributed by atoms with van der Waals surface area (Å²) in [6.07, 6.45) is -0.458. The van der Waals surface area contributed by atoms with Crippen molar-refractivity contribution in [3.63, 3.8) is 0 Å². The zero-order valence-electron chi connectivity index (χ0n) is 14.1. The Hall–Kier alpha value is -2.32. The number of carbonyl (C=O) groups excluding carboxylic acids is 3. The molecule has 0 aliphatic carbocycles. The Labute approximate surface area is 149 Å². The van der Waals surface area contributed by atoms with E-state index in [1.54, 1.807) is 19.2 Å². The molecular formula is C16H19ClN2O6. The van der Waals surface area contributed by atoms with E-state index in [1.807, 2.05) is 0 Å². The van der Waals surface area contributed by atoms with Gasteiger partial charge in [0.1, 0.15) is 0 Å². The van der Waals surface area contributed by atoms with Crippen LogP contribution in [0, 0.1) is 0 Å². The summed E-state index contributed by atoms with van der Waals surface area (Å²) in [6.45, 7) is -0.587. The van der Waals surface area contributed by atoms with Crippen LogP contribution in [0.25, 0.3) is 0 Å². The molecule has 1 atom stereocenters. The van der Waals surface area contributed by atoms with Gasteiger partial charge in [-0.3, -0.25) is 9.59 Å². The third-order valence-electron chi connectivity index (χ3n) is 4.25. The lowest BCUT2D eigenvalue weighted by atomic mass is 9.93. The number of amides is 1. The van der Waals surface area contributed by atoms with Crippen molar-refractivity contribution in [2.45, 2.75) is 12.1 Å². The van der Waals surface area contributed by atoms with E-state index in [2.05, 4.69) is 0 Å². The maximum atomic E-state index is 13.0. The number of esters is 2. The standard InChI is InChI=1S/C16H19ClN2O6/c1-18-12-5-4-10(17)8-11(12)14(22)19(6-7-20)16(18,15(23)25-3)9-13(21)24-2/h4-5,8,20H,6-7,9H2,1-3H3. The highest BCUT2D eigenvalue weighted by atomic mass is 35.5. The van der Waals surface area contributed by atoms with Crippen molar-refractivity contribution in [2.75, 3.05) is 39.3 Å². The number of halogens is 1. The maximum Gasteiger partial charge on any atom is 0.353 e. The number of β-amino-alcohol motifs (C(OH)–C–C–N with tert-alkyl or cyclic N) is 1. The van der Waals surface area contributed by atoms with E-state index in [0.29, 0.717) is 10.7 Å². The third kappa shape index (κ3) is 3.03. The van der Waals surface area contributed by atoms with Gasteiger partial charge in [0.15, 0.2) is 0 Å². The number of aliphatic hydroxyl groups excluding tert-OH is 1. The third-order valence-corrected chi connectivity index (χ3v) is 4.49. The summed E-state index contributed by atoms with van der Waals surface area (Å²) in [5.41, 5.74) is -1.10. The molecule has 0 bridgehead atoms. The number of carbonyl (C=O) groups is 3. The van der Waals surface area contributed by atoms with Crippen LogP contribution in [0.5, 0.6) is 0 Å². The number of fused-ring (bicyclic) bond motifs is 1. The van der Waals surface area contributed by atoms with Gasteiger partial charge in [-0.05, 0) is 18.2 Å². The number of likely N-dealkylation sites (N-methyl/N-ethyl adjacent to an activating group) is 1. The summed E-state index contributed by atoms with van der Waals surface area (Å²) in [5, 5.41) is 9.75. The van der Waals surface area contributed by atoms with Crippen molar-refractivity contribution in [3.8, 4) is 0 Å². The number of methoxy groups -OCH3 is 2. The molecule has 1 heterocycles. The summed E-state index contributed by atoms with van der Waals surface area (Å²) in [5.74, 6) is -2.06. The highest BCUT2D eigenvalue weighted by Gasteiger charge is 2.56. The molecule has 0 fully saturated rings. The summed E-state index contributed by atoms with van der Waals surface area (Å²) >= 11 is 5.98. The second-order valence-corrected chi connectivity index (χ2v) is 5.90. The van der Waals surface area contributed by atoms with Crippen LogP contribution in [0.4, 0.5) is 5.69 Å². The van der Waals surface area contributed by atoms with Crippen LogP contribution < -0.4 is 4.90 Å². The largest absolute Gasteiger partial charge is 0.469 e. The number of aliphatic hydroxyl groups is 1. The molecule has 1 aliphatic heterocycles. The highest BCUT2D eigenvalue weighted by Crippen LogP contribution is 2.40. The maximum absolute atomic E-state index is 13.0. The first kappa shape index (κ1) is 19.0. The zero-order chi connectivity index (χ0) is 18.8. The average molecular weight is 371 g/mol. The predicted molar refractivity (Wildman–Crippen MR) is 89.4 cm³/mol. The Morgan fingerprint density at radius 1 is 1.28 bits per heavy atom. The van der Waals surface area contributed by atoms with E-state index in [-0.39, 0.29) is 12.1 Å². The number of hydrogen-bond donors (Lipinski definition) is 1. The molecule has 1 N–H and O–H groups in total. The zero-order valence-corrected chi connectivity index (χ0v) is 14.9. The molecule has 0 saturated heterocycles. The molecule has 1 aliphatic rings. The van der Waals surface area contributed by atoms with E-state index in [9.17, 15) is 19.5 Å². The smallest absolute Gasteiger partial charge is 0.353 e. The lowest BCUT2D eigenvalue weighted by Gasteiger charge is -2.50. The van der Waals surface area contributed by atoms with E-state index in [4.69, 9.17) is 21.1 Å². The summed E-state index contributed by atoms with van der Waals surface area (Å²) < 4.78 is 9.58. The predicted octanol–water partition coefficient (Wildman–Crippen LogP) is 0.657. The minimum absolute atomic E-state index is 0.179. The summed E-state index contributed by atoms with van der Waals surface area (Å²) in [4.78, 5) is 40.2. The van der Waals surface area contributed by atoms with Crippen molar-refractivity contribution in [1.82, 2.24) is 4.90 Å². The summed E-state index contributed by atoms with van der Waals surface area (Å²) in [7, 11) is 3.90. The SMILES string of the molecule is COC(=O)CC1(C(=O)OC)N(CCO)C(=O)c2cc(Cl)ccc2N1C. The quantitative estimate of drug-likeness (QED) is 0.760. The summed E-state index contributed by atoms with van der Waals surface area (Å²) in [6, 6.07) is 4.63. The molecule has 2 rings (SSSR count). The van der Waals surface area contributed by atoms with Crippen LogP contribution in [0.3, 0.4) is 0 Å². The molecule has 0 spiro atoms. The topological polar surface area (TPSA) is 96.4 Å². The fourth-order valence-electron chi connectivity index (χ4n) is 3.02. The van der Waals surface area contributed by atoms with E-state index >= 15 is 0 Å². The Balaban J connectivity index is 2.72. The van der Waals surface area contributed by atoms with Crippen LogP contribution in [-0.4, -0.2) is 67.9 Å². The first-order chi connectivity index (χ1) is 11.8. The number of ether oxygens (including phenoxy) is 2. The van der Waals surface area contributed by atoms with Crippen LogP contribution in [0.1, 0.15) is 16.8 Å². The number of rotatable bonds is 5. The minimum atomic E-state index is -1.78. The first-order valence-corrected chi connectivity index (χ1v) is 7.82. The average Bonchev–Trinajstić information content (AvgIpc) is 2.61. The number of anilines is 1. The molecule has 1 unspecified atom stereocenters. The Morgan fingerprint density at radius 3 is 2.52 bits per heavy atom. The molecule has 136 valence electrons. The molecule has 1 amide bonds. The molecule has 1 aromatic rings. The fraction of sp³-hybridized carbons (Fsp3) is 0.438.